The van der Waals surface area contributed by atoms with Crippen LogP contribution in [0.25, 0.3) is 0 Å². The number of hydrogen-bond donors (Lipinski definition) is 2. The summed E-state index contributed by atoms with van der Waals surface area (Å²) in [6.07, 6.45) is -4.46. The third-order valence-corrected chi connectivity index (χ3v) is 4.18. The van der Waals surface area contributed by atoms with Gasteiger partial charge in [-0.1, -0.05) is 0 Å². The van der Waals surface area contributed by atoms with E-state index in [1.165, 1.54) is 11.3 Å². The van der Waals surface area contributed by atoms with E-state index in [-0.39, 0.29) is 5.56 Å². The van der Waals surface area contributed by atoms with Crippen LogP contribution < -0.4 is 10.9 Å². The highest BCUT2D eigenvalue weighted by molar-refractivity contribution is 9.11. The van der Waals surface area contributed by atoms with Crippen LogP contribution in [0, 0.1) is 0 Å². The summed E-state index contributed by atoms with van der Waals surface area (Å²) in [5, 5.41) is 0. The molecule has 0 aliphatic heterocycles. The van der Waals surface area contributed by atoms with Crippen molar-refractivity contribution in [2.45, 2.75) is 6.18 Å². The molecule has 2 N–H and O–H groups in total. The van der Waals surface area contributed by atoms with Crippen LogP contribution in [-0.2, 0) is 6.18 Å². The number of nitrogens with one attached hydrogen (secondary N) is 2. The van der Waals surface area contributed by atoms with Gasteiger partial charge >= 0.3 is 6.18 Å². The minimum absolute atomic E-state index is 0.000611. The van der Waals surface area contributed by atoms with Gasteiger partial charge in [0.05, 0.1) is 14.2 Å². The first-order valence-corrected chi connectivity index (χ1v) is 7.41. The first-order valence-electron chi connectivity index (χ1n) is 5.80. The van der Waals surface area contributed by atoms with Crippen molar-refractivity contribution in [2.24, 2.45) is 0 Å². The minimum atomic E-state index is -4.46. The summed E-state index contributed by atoms with van der Waals surface area (Å²) in [4.78, 5) is 23.8. The van der Waals surface area contributed by atoms with E-state index in [9.17, 15) is 22.8 Å². The molecule has 0 aliphatic rings. The highest BCUT2D eigenvalue weighted by Crippen LogP contribution is 2.29. The quantitative estimate of drug-likeness (QED) is 0.767. The smallest absolute Gasteiger partial charge is 0.267 e. The first kappa shape index (κ1) is 16.5. The molecule has 2 aromatic rings. The lowest BCUT2D eigenvalue weighted by Crippen LogP contribution is -2.41. The molecule has 2 rings (SSSR count). The Morgan fingerprint density at radius 3 is 2.05 bits per heavy atom. The molecule has 9 heteroatoms. The zero-order chi connectivity index (χ0) is 16.3. The molecule has 0 saturated carbocycles. The number of alkyl halides is 3. The lowest BCUT2D eigenvalue weighted by atomic mass is 10.1. The largest absolute Gasteiger partial charge is 0.416 e. The molecule has 0 fully saturated rings. The van der Waals surface area contributed by atoms with Gasteiger partial charge in [-0.25, -0.2) is 0 Å². The Kier molecular flexibility index (Phi) is 4.87. The Balaban J connectivity index is 1.96. The molecule has 116 valence electrons. The third-order valence-electron chi connectivity index (χ3n) is 2.56. The van der Waals surface area contributed by atoms with Crippen molar-refractivity contribution in [3.05, 3.63) is 56.2 Å². The fraction of sp³-hybridized carbons (Fsp3) is 0.0769. The summed E-state index contributed by atoms with van der Waals surface area (Å²) in [6.45, 7) is 0. The molecule has 0 radical (unpaired) electrons. The number of amides is 2. The summed E-state index contributed by atoms with van der Waals surface area (Å²) >= 11 is 4.38. The van der Waals surface area contributed by atoms with Crippen molar-refractivity contribution in [3.63, 3.8) is 0 Å². The van der Waals surface area contributed by atoms with Crippen molar-refractivity contribution in [3.8, 4) is 0 Å². The SMILES string of the molecule is O=C(NNC(=O)c1ccc(Br)s1)c1ccc(C(F)(F)F)cc1. The van der Waals surface area contributed by atoms with E-state index in [2.05, 4.69) is 26.8 Å². The maximum absolute atomic E-state index is 12.4. The molecule has 1 aromatic heterocycles. The maximum Gasteiger partial charge on any atom is 0.416 e. The highest BCUT2D eigenvalue weighted by atomic mass is 79.9. The summed E-state index contributed by atoms with van der Waals surface area (Å²) < 4.78 is 38.0. The number of halogens is 4. The molecule has 22 heavy (non-hydrogen) atoms. The molecule has 1 heterocycles. The number of carbonyl (C=O) groups is 2. The van der Waals surface area contributed by atoms with E-state index in [4.69, 9.17) is 0 Å². The Bertz CT molecular complexity index is 698. The molecule has 0 unspecified atom stereocenters. The maximum atomic E-state index is 12.4. The topological polar surface area (TPSA) is 58.2 Å². The second-order valence-corrected chi connectivity index (χ2v) is 6.55. The van der Waals surface area contributed by atoms with Crippen LogP contribution in [-0.4, -0.2) is 11.8 Å². The third kappa shape index (κ3) is 4.08. The molecule has 4 nitrogen and oxygen atoms in total. The van der Waals surface area contributed by atoms with E-state index in [1.54, 1.807) is 12.1 Å². The van der Waals surface area contributed by atoms with Gasteiger partial charge in [0.25, 0.3) is 11.8 Å². The fourth-order valence-electron chi connectivity index (χ4n) is 1.49. The number of benzene rings is 1. The normalized spacial score (nSPS) is 11.1. The molecule has 0 atom stereocenters. The van der Waals surface area contributed by atoms with E-state index in [0.29, 0.717) is 4.88 Å². The molecular formula is C13H8BrF3N2O2S. The van der Waals surface area contributed by atoms with Crippen molar-refractivity contribution in [2.75, 3.05) is 0 Å². The molecule has 0 bridgehead atoms. The minimum Gasteiger partial charge on any atom is -0.267 e. The van der Waals surface area contributed by atoms with Crippen molar-refractivity contribution in [1.82, 2.24) is 10.9 Å². The lowest BCUT2D eigenvalue weighted by molar-refractivity contribution is -0.137. The molecule has 1 aromatic carbocycles. The Morgan fingerprint density at radius 1 is 0.955 bits per heavy atom. The number of hydrogen-bond acceptors (Lipinski definition) is 3. The molecule has 2 amide bonds. The predicted molar refractivity (Wildman–Crippen MR) is 78.4 cm³/mol. The van der Waals surface area contributed by atoms with Crippen LogP contribution in [0.2, 0.25) is 0 Å². The lowest BCUT2D eigenvalue weighted by Gasteiger charge is -2.08. The van der Waals surface area contributed by atoms with E-state index >= 15 is 0 Å². The van der Waals surface area contributed by atoms with Crippen LogP contribution in [0.4, 0.5) is 13.2 Å². The van der Waals surface area contributed by atoms with Crippen molar-refractivity contribution in [1.29, 1.82) is 0 Å². The summed E-state index contributed by atoms with van der Waals surface area (Å²) in [5.74, 6) is -1.23. The van der Waals surface area contributed by atoms with Gasteiger partial charge in [-0.05, 0) is 52.3 Å². The average Bonchev–Trinajstić information content (AvgIpc) is 2.90. The Labute approximate surface area is 135 Å². The van der Waals surface area contributed by atoms with Crippen LogP contribution in [0.5, 0.6) is 0 Å². The summed E-state index contributed by atoms with van der Waals surface area (Å²) in [7, 11) is 0. The summed E-state index contributed by atoms with van der Waals surface area (Å²) in [6, 6.07) is 6.91. The van der Waals surface area contributed by atoms with E-state index in [1.807, 2.05) is 0 Å². The number of hydrazine groups is 1. The highest BCUT2D eigenvalue weighted by Gasteiger charge is 2.30. The molecule has 0 spiro atoms. The predicted octanol–water partition coefficient (Wildman–Crippen LogP) is 3.60. The van der Waals surface area contributed by atoms with Gasteiger partial charge in [0.2, 0.25) is 0 Å². The van der Waals surface area contributed by atoms with Gasteiger partial charge in [-0.2, -0.15) is 13.2 Å². The van der Waals surface area contributed by atoms with Crippen molar-refractivity contribution < 1.29 is 22.8 Å². The van der Waals surface area contributed by atoms with Crippen LogP contribution in [0.15, 0.2) is 40.2 Å². The van der Waals surface area contributed by atoms with E-state index in [0.717, 1.165) is 28.1 Å². The molecule has 0 saturated heterocycles. The number of carbonyl (C=O) groups excluding carboxylic acids is 2. The van der Waals surface area contributed by atoms with Gasteiger partial charge < -0.3 is 0 Å². The van der Waals surface area contributed by atoms with Crippen LogP contribution in [0.3, 0.4) is 0 Å². The molecular weight excluding hydrogens is 385 g/mol. The summed E-state index contributed by atoms with van der Waals surface area (Å²) in [5.41, 5.74) is 3.47. The fourth-order valence-corrected chi connectivity index (χ4v) is 2.78. The number of thiophene rings is 1. The zero-order valence-corrected chi connectivity index (χ0v) is 13.1. The average molecular weight is 393 g/mol. The van der Waals surface area contributed by atoms with Gasteiger partial charge in [0.15, 0.2) is 0 Å². The van der Waals surface area contributed by atoms with E-state index < -0.39 is 23.6 Å². The van der Waals surface area contributed by atoms with Crippen molar-refractivity contribution >= 4 is 39.1 Å². The second-order valence-electron chi connectivity index (χ2n) is 4.09. The van der Waals surface area contributed by atoms with Gasteiger partial charge in [-0.15, -0.1) is 11.3 Å². The first-order chi connectivity index (χ1) is 10.3. The Morgan fingerprint density at radius 2 is 1.55 bits per heavy atom. The van der Waals surface area contributed by atoms with Gasteiger partial charge in [0, 0.05) is 5.56 Å². The van der Waals surface area contributed by atoms with Crippen LogP contribution >= 0.6 is 27.3 Å². The van der Waals surface area contributed by atoms with Crippen LogP contribution in [0.1, 0.15) is 25.6 Å². The standard InChI is InChI=1S/C13H8BrF3N2O2S/c14-10-6-5-9(22-10)12(21)19-18-11(20)7-1-3-8(4-2-7)13(15,16)17/h1-6H,(H,18,20)(H,19,21). The van der Waals surface area contributed by atoms with Gasteiger partial charge in [0.1, 0.15) is 0 Å². The van der Waals surface area contributed by atoms with Gasteiger partial charge in [-0.3, -0.25) is 20.4 Å². The monoisotopic (exact) mass is 392 g/mol. The number of rotatable bonds is 2. The molecule has 0 aliphatic carbocycles. The Hall–Kier alpha value is -1.87. The second kappa shape index (κ2) is 6.49. The zero-order valence-electron chi connectivity index (χ0n) is 10.7.